The van der Waals surface area contributed by atoms with Crippen LogP contribution in [0.2, 0.25) is 10.0 Å². The van der Waals surface area contributed by atoms with Gasteiger partial charge in [0, 0.05) is 17.3 Å². The molecule has 29 heavy (non-hydrogen) atoms. The molecule has 0 fully saturated rings. The van der Waals surface area contributed by atoms with Crippen molar-refractivity contribution in [3.8, 4) is 5.75 Å². The molecule has 1 unspecified atom stereocenters. The summed E-state index contributed by atoms with van der Waals surface area (Å²) in [6, 6.07) is 8.76. The SMILES string of the molecule is CP(=O)(C[C@@H](O)CC(=O)O)OCc1c(Cl)cc(Cl)cc1OCc1ccc(F)cc1. The van der Waals surface area contributed by atoms with Gasteiger partial charge in [-0.1, -0.05) is 35.3 Å². The summed E-state index contributed by atoms with van der Waals surface area (Å²) < 4.78 is 36.8. The number of carbonyl (C=O) groups is 1. The third kappa shape index (κ3) is 7.96. The second-order valence-corrected chi connectivity index (χ2v) is 10.00. The topological polar surface area (TPSA) is 93.1 Å². The number of rotatable bonds is 10. The molecule has 0 aliphatic heterocycles. The molecule has 2 atom stereocenters. The highest BCUT2D eigenvalue weighted by atomic mass is 35.5. The van der Waals surface area contributed by atoms with Crippen LogP contribution < -0.4 is 4.74 Å². The van der Waals surface area contributed by atoms with E-state index in [1.807, 2.05) is 0 Å². The smallest absolute Gasteiger partial charge is 0.305 e. The van der Waals surface area contributed by atoms with Gasteiger partial charge in [-0.15, -0.1) is 0 Å². The molecule has 0 aromatic heterocycles. The standard InChI is InChI=1S/C19H20Cl2FO6P/c1-29(26,11-15(23)8-19(24)25)28-10-16-17(21)6-13(20)7-18(16)27-9-12-2-4-14(22)5-3-12/h2-7,15,23H,8-11H2,1H3,(H,24,25)/t15-,29?/m0/s1. The first-order chi connectivity index (χ1) is 13.6. The van der Waals surface area contributed by atoms with E-state index in [1.165, 1.54) is 30.9 Å². The Balaban J connectivity index is 2.10. The maximum Gasteiger partial charge on any atom is 0.305 e. The number of ether oxygens (including phenoxy) is 1. The Morgan fingerprint density at radius 3 is 2.48 bits per heavy atom. The molecular formula is C19H20Cl2FO6P. The van der Waals surface area contributed by atoms with Crippen molar-refractivity contribution in [2.75, 3.05) is 12.8 Å². The highest BCUT2D eigenvalue weighted by Gasteiger charge is 2.24. The number of carboxylic acids is 1. The van der Waals surface area contributed by atoms with Crippen LogP contribution >= 0.6 is 30.6 Å². The number of aliphatic carboxylic acids is 1. The molecule has 0 aliphatic carbocycles. The van der Waals surface area contributed by atoms with Gasteiger partial charge in [-0.2, -0.15) is 0 Å². The third-order valence-electron chi connectivity index (χ3n) is 3.86. The lowest BCUT2D eigenvalue weighted by Gasteiger charge is -2.19. The number of hydrogen-bond donors (Lipinski definition) is 2. The van der Waals surface area contributed by atoms with E-state index in [0.29, 0.717) is 21.9 Å². The maximum atomic E-state index is 13.0. The van der Waals surface area contributed by atoms with Gasteiger partial charge in [0.15, 0.2) is 0 Å². The van der Waals surface area contributed by atoms with Crippen molar-refractivity contribution in [3.63, 3.8) is 0 Å². The number of aliphatic hydroxyl groups is 1. The van der Waals surface area contributed by atoms with Crippen molar-refractivity contribution in [3.05, 3.63) is 63.4 Å². The van der Waals surface area contributed by atoms with E-state index in [2.05, 4.69) is 0 Å². The van der Waals surface area contributed by atoms with E-state index in [4.69, 9.17) is 37.6 Å². The molecule has 2 rings (SSSR count). The zero-order chi connectivity index (χ0) is 21.6. The minimum Gasteiger partial charge on any atom is -0.488 e. The molecule has 2 N–H and O–H groups in total. The van der Waals surface area contributed by atoms with Gasteiger partial charge in [-0.3, -0.25) is 9.36 Å². The van der Waals surface area contributed by atoms with Crippen LogP contribution in [-0.4, -0.2) is 35.1 Å². The van der Waals surface area contributed by atoms with Gasteiger partial charge in [0.05, 0.1) is 30.3 Å². The summed E-state index contributed by atoms with van der Waals surface area (Å²) in [6.07, 6.45) is -2.14. The molecule has 0 bridgehead atoms. The van der Waals surface area contributed by atoms with Crippen LogP contribution in [0.25, 0.3) is 0 Å². The van der Waals surface area contributed by atoms with Crippen molar-refractivity contribution in [2.24, 2.45) is 0 Å². The van der Waals surface area contributed by atoms with Crippen LogP contribution in [0.1, 0.15) is 17.5 Å². The second kappa shape index (κ2) is 10.4. The van der Waals surface area contributed by atoms with Gasteiger partial charge in [-0.25, -0.2) is 4.39 Å². The predicted molar refractivity (Wildman–Crippen MR) is 109 cm³/mol. The fourth-order valence-corrected chi connectivity index (χ4v) is 4.42. The van der Waals surface area contributed by atoms with Gasteiger partial charge in [0.2, 0.25) is 7.37 Å². The molecule has 158 valence electrons. The number of benzene rings is 2. The lowest BCUT2D eigenvalue weighted by molar-refractivity contribution is -0.138. The van der Waals surface area contributed by atoms with E-state index >= 15 is 0 Å². The van der Waals surface area contributed by atoms with Crippen LogP contribution in [0.4, 0.5) is 4.39 Å². The fourth-order valence-electron chi connectivity index (χ4n) is 2.49. The highest BCUT2D eigenvalue weighted by molar-refractivity contribution is 7.58. The zero-order valence-electron chi connectivity index (χ0n) is 15.5. The van der Waals surface area contributed by atoms with E-state index in [-0.39, 0.29) is 30.2 Å². The normalized spacial score (nSPS) is 14.2. The molecule has 2 aromatic rings. The number of hydrogen-bond acceptors (Lipinski definition) is 5. The lowest BCUT2D eigenvalue weighted by Crippen LogP contribution is -2.18. The van der Waals surface area contributed by atoms with Crippen molar-refractivity contribution >= 4 is 36.5 Å². The largest absolute Gasteiger partial charge is 0.488 e. The molecule has 0 amide bonds. The quantitative estimate of drug-likeness (QED) is 0.482. The van der Waals surface area contributed by atoms with E-state index in [9.17, 15) is 18.9 Å². The predicted octanol–water partition coefficient (Wildman–Crippen LogP) is 4.97. The summed E-state index contributed by atoms with van der Waals surface area (Å²) in [5.41, 5.74) is 1.11. The van der Waals surface area contributed by atoms with Crippen LogP contribution in [0.3, 0.4) is 0 Å². The zero-order valence-corrected chi connectivity index (χ0v) is 17.9. The van der Waals surface area contributed by atoms with Gasteiger partial charge in [-0.05, 0) is 29.8 Å². The Morgan fingerprint density at radius 1 is 1.21 bits per heavy atom. The van der Waals surface area contributed by atoms with Gasteiger partial charge >= 0.3 is 5.97 Å². The Bertz CT molecular complexity index is 906. The number of carboxylic acid groups (broad SMARTS) is 1. The van der Waals surface area contributed by atoms with E-state index < -0.39 is 25.9 Å². The van der Waals surface area contributed by atoms with Crippen LogP contribution in [-0.2, 0) is 27.1 Å². The van der Waals surface area contributed by atoms with Gasteiger partial charge in [0.1, 0.15) is 18.2 Å². The molecule has 0 saturated heterocycles. The van der Waals surface area contributed by atoms with Crippen molar-refractivity contribution in [2.45, 2.75) is 25.7 Å². The Morgan fingerprint density at radius 2 is 1.86 bits per heavy atom. The molecule has 2 aromatic carbocycles. The molecule has 0 heterocycles. The molecule has 0 radical (unpaired) electrons. The van der Waals surface area contributed by atoms with E-state index in [0.717, 1.165) is 0 Å². The first-order valence-corrected chi connectivity index (χ1v) is 11.5. The van der Waals surface area contributed by atoms with E-state index in [1.54, 1.807) is 12.1 Å². The first-order valence-electron chi connectivity index (χ1n) is 8.52. The monoisotopic (exact) mass is 464 g/mol. The van der Waals surface area contributed by atoms with Crippen LogP contribution in [0.5, 0.6) is 5.75 Å². The van der Waals surface area contributed by atoms with Crippen molar-refractivity contribution in [1.29, 1.82) is 0 Å². The lowest BCUT2D eigenvalue weighted by atomic mass is 10.2. The highest BCUT2D eigenvalue weighted by Crippen LogP contribution is 2.46. The summed E-state index contributed by atoms with van der Waals surface area (Å²) in [6.45, 7) is 1.23. The second-order valence-electron chi connectivity index (χ2n) is 6.50. The van der Waals surface area contributed by atoms with Crippen LogP contribution in [0, 0.1) is 5.82 Å². The summed E-state index contributed by atoms with van der Waals surface area (Å²) in [7, 11) is -3.31. The molecule has 10 heteroatoms. The van der Waals surface area contributed by atoms with Crippen molar-refractivity contribution < 1.29 is 33.2 Å². The number of aliphatic hydroxyl groups excluding tert-OH is 1. The minimum absolute atomic E-state index is 0.116. The Hall–Kier alpha value is -1.63. The minimum atomic E-state index is -3.31. The molecule has 0 aliphatic rings. The summed E-state index contributed by atoms with van der Waals surface area (Å²) in [4.78, 5) is 10.6. The molecule has 0 saturated carbocycles. The fraction of sp³-hybridized carbons (Fsp3) is 0.316. The van der Waals surface area contributed by atoms with Crippen molar-refractivity contribution in [1.82, 2.24) is 0 Å². The molecule has 0 spiro atoms. The number of halogens is 3. The first kappa shape index (κ1) is 23.6. The average Bonchev–Trinajstić information content (AvgIpc) is 2.58. The molecular weight excluding hydrogens is 445 g/mol. The third-order valence-corrected chi connectivity index (χ3v) is 6.18. The van der Waals surface area contributed by atoms with Crippen LogP contribution in [0.15, 0.2) is 36.4 Å². The maximum absolute atomic E-state index is 13.0. The van der Waals surface area contributed by atoms with Gasteiger partial charge < -0.3 is 19.5 Å². The average molecular weight is 465 g/mol. The Labute approximate surface area is 177 Å². The summed E-state index contributed by atoms with van der Waals surface area (Å²) in [5.74, 6) is -1.26. The molecule has 6 nitrogen and oxygen atoms in total. The summed E-state index contributed by atoms with van der Waals surface area (Å²) in [5, 5.41) is 19.0. The Kier molecular flexibility index (Phi) is 8.49. The summed E-state index contributed by atoms with van der Waals surface area (Å²) >= 11 is 12.3. The van der Waals surface area contributed by atoms with Gasteiger partial charge in [0.25, 0.3) is 0 Å².